The van der Waals surface area contributed by atoms with Crippen molar-refractivity contribution in [3.63, 3.8) is 0 Å². The fourth-order valence-electron chi connectivity index (χ4n) is 4.09. The third-order valence-electron chi connectivity index (χ3n) is 5.78. The molecule has 1 spiro atoms. The van der Waals surface area contributed by atoms with Gasteiger partial charge in [0, 0.05) is 42.2 Å². The van der Waals surface area contributed by atoms with Crippen LogP contribution in [0, 0.1) is 0 Å². The zero-order valence-corrected chi connectivity index (χ0v) is 16.3. The molecule has 3 N–H and O–H groups in total. The lowest BCUT2D eigenvalue weighted by Gasteiger charge is -2.38. The Labute approximate surface area is 162 Å². The standard InChI is InChI=1S/C21H25N2O3S/c1-27(25)17-4-2-3-16(12-17)20(24)23-9-7-21(8-10-23)14-26-19-6-5-15(13-22)11-18(19)21/h2-6,11-12,25H,7-10,13-14,22H2,1H3/q+1. The Morgan fingerprint density at radius 1 is 1.26 bits per heavy atom. The number of hydrogen-bond acceptors (Lipinski definition) is 4. The Morgan fingerprint density at radius 2 is 2.04 bits per heavy atom. The number of carbonyl (C=O) groups excluding carboxylic acids is 1. The van der Waals surface area contributed by atoms with Gasteiger partial charge in [0.2, 0.25) is 0 Å². The van der Waals surface area contributed by atoms with Crippen LogP contribution >= 0.6 is 0 Å². The van der Waals surface area contributed by atoms with Crippen molar-refractivity contribution in [2.75, 3.05) is 26.0 Å². The molecule has 2 aliphatic heterocycles. The maximum atomic E-state index is 12.9. The smallest absolute Gasteiger partial charge is 0.254 e. The van der Waals surface area contributed by atoms with Crippen molar-refractivity contribution in [1.82, 2.24) is 4.90 Å². The van der Waals surface area contributed by atoms with Crippen LogP contribution in [0.4, 0.5) is 0 Å². The number of piperidine rings is 1. The molecule has 2 heterocycles. The van der Waals surface area contributed by atoms with Crippen molar-refractivity contribution < 1.29 is 14.1 Å². The van der Waals surface area contributed by atoms with Gasteiger partial charge in [0.25, 0.3) is 5.91 Å². The van der Waals surface area contributed by atoms with Crippen molar-refractivity contribution in [1.29, 1.82) is 0 Å². The molecule has 1 amide bonds. The highest BCUT2D eigenvalue weighted by Gasteiger charge is 2.44. The second-order valence-corrected chi connectivity index (χ2v) is 8.83. The first-order valence-electron chi connectivity index (χ1n) is 9.23. The van der Waals surface area contributed by atoms with Crippen LogP contribution in [0.3, 0.4) is 0 Å². The summed E-state index contributed by atoms with van der Waals surface area (Å²) in [5, 5.41) is 0. The number of benzene rings is 2. The Hall–Kier alpha value is -2.02. The van der Waals surface area contributed by atoms with E-state index in [1.54, 1.807) is 12.3 Å². The Bertz CT molecular complexity index is 860. The summed E-state index contributed by atoms with van der Waals surface area (Å²) in [4.78, 5) is 15.6. The number of carbonyl (C=O) groups is 1. The minimum absolute atomic E-state index is 0.0138. The van der Waals surface area contributed by atoms with E-state index in [0.717, 1.165) is 29.1 Å². The molecule has 6 heteroatoms. The number of ether oxygens (including phenoxy) is 1. The van der Waals surface area contributed by atoms with Gasteiger partial charge >= 0.3 is 0 Å². The minimum atomic E-state index is -0.843. The lowest BCUT2D eigenvalue weighted by atomic mass is 9.74. The lowest BCUT2D eigenvalue weighted by molar-refractivity contribution is 0.0646. The van der Waals surface area contributed by atoms with E-state index in [-0.39, 0.29) is 11.3 Å². The zero-order valence-electron chi connectivity index (χ0n) is 15.5. The fourth-order valence-corrected chi connectivity index (χ4v) is 4.66. The highest BCUT2D eigenvalue weighted by Crippen LogP contribution is 2.46. The maximum Gasteiger partial charge on any atom is 0.254 e. The molecule has 1 unspecified atom stereocenters. The first-order valence-corrected chi connectivity index (χ1v) is 10.8. The van der Waals surface area contributed by atoms with E-state index < -0.39 is 11.2 Å². The molecule has 0 radical (unpaired) electrons. The summed E-state index contributed by atoms with van der Waals surface area (Å²) in [5.74, 6) is 0.990. The third-order valence-corrected chi connectivity index (χ3v) is 6.72. The van der Waals surface area contributed by atoms with Gasteiger partial charge in [-0.1, -0.05) is 18.2 Å². The number of nitrogens with two attached hydrogens (primary N) is 1. The predicted molar refractivity (Wildman–Crippen MR) is 107 cm³/mol. The summed E-state index contributed by atoms with van der Waals surface area (Å²) in [6.45, 7) is 2.61. The number of nitrogens with zero attached hydrogens (tertiary/aromatic N) is 1. The van der Waals surface area contributed by atoms with Crippen molar-refractivity contribution in [3.8, 4) is 5.75 Å². The quantitative estimate of drug-likeness (QED) is 0.797. The summed E-state index contributed by atoms with van der Waals surface area (Å²) in [6.07, 6.45) is 3.51. The van der Waals surface area contributed by atoms with E-state index >= 15 is 0 Å². The molecular weight excluding hydrogens is 360 g/mol. The number of amides is 1. The summed E-state index contributed by atoms with van der Waals surface area (Å²) in [7, 11) is 0. The van der Waals surface area contributed by atoms with Crippen LogP contribution in [0.1, 0.15) is 34.3 Å². The number of rotatable bonds is 3. The first-order chi connectivity index (χ1) is 13.0. The molecule has 0 saturated carbocycles. The highest BCUT2D eigenvalue weighted by molar-refractivity contribution is 7.90. The topological polar surface area (TPSA) is 75.8 Å². The molecule has 4 rings (SSSR count). The highest BCUT2D eigenvalue weighted by atomic mass is 32.2. The average Bonchev–Trinajstić information content (AvgIpc) is 3.05. The molecule has 142 valence electrons. The van der Waals surface area contributed by atoms with Crippen LogP contribution < -0.4 is 10.5 Å². The van der Waals surface area contributed by atoms with Gasteiger partial charge in [-0.3, -0.25) is 4.79 Å². The van der Waals surface area contributed by atoms with Crippen LogP contribution in [0.2, 0.25) is 0 Å². The van der Waals surface area contributed by atoms with E-state index in [1.807, 2.05) is 35.2 Å². The summed E-state index contributed by atoms with van der Waals surface area (Å²) < 4.78 is 15.7. The second kappa shape index (κ2) is 7.19. The second-order valence-electron chi connectivity index (χ2n) is 7.40. The van der Waals surface area contributed by atoms with Gasteiger partial charge in [-0.25, -0.2) is 0 Å². The lowest BCUT2D eigenvalue weighted by Crippen LogP contribution is -2.46. The maximum absolute atomic E-state index is 12.9. The van der Waals surface area contributed by atoms with Crippen LogP contribution in [0.25, 0.3) is 0 Å². The number of hydrogen-bond donors (Lipinski definition) is 2. The SMILES string of the molecule is C[S+](O)c1cccc(C(=O)N2CCC3(CC2)COc2ccc(CN)cc23)c1. The largest absolute Gasteiger partial charge is 0.492 e. The van der Waals surface area contributed by atoms with Gasteiger partial charge in [-0.05, 0) is 36.6 Å². The van der Waals surface area contributed by atoms with Gasteiger partial charge in [-0.2, -0.15) is 4.55 Å². The molecule has 0 aliphatic carbocycles. The summed E-state index contributed by atoms with van der Waals surface area (Å²) in [5.41, 5.74) is 8.80. The van der Waals surface area contributed by atoms with E-state index in [2.05, 4.69) is 6.07 Å². The van der Waals surface area contributed by atoms with Crippen molar-refractivity contribution in [2.45, 2.75) is 29.7 Å². The predicted octanol–water partition coefficient (Wildman–Crippen LogP) is 2.79. The molecule has 2 aromatic carbocycles. The van der Waals surface area contributed by atoms with Crippen LogP contribution in [-0.2, 0) is 23.1 Å². The van der Waals surface area contributed by atoms with Gasteiger partial charge in [0.15, 0.2) is 16.1 Å². The molecule has 5 nitrogen and oxygen atoms in total. The molecule has 0 bridgehead atoms. The molecule has 27 heavy (non-hydrogen) atoms. The van der Waals surface area contributed by atoms with Crippen molar-refractivity contribution in [3.05, 3.63) is 59.2 Å². The van der Waals surface area contributed by atoms with E-state index in [9.17, 15) is 9.35 Å². The number of likely N-dealkylation sites (tertiary alicyclic amines) is 1. The molecular formula is C21H25N2O3S+. The van der Waals surface area contributed by atoms with Crippen LogP contribution in [-0.4, -0.2) is 41.3 Å². The molecule has 0 aromatic heterocycles. The van der Waals surface area contributed by atoms with E-state index in [1.165, 1.54) is 5.56 Å². The van der Waals surface area contributed by atoms with Gasteiger partial charge in [0.1, 0.15) is 12.0 Å². The average molecular weight is 386 g/mol. The normalized spacial score (nSPS) is 18.9. The van der Waals surface area contributed by atoms with Crippen LogP contribution in [0.5, 0.6) is 5.75 Å². The van der Waals surface area contributed by atoms with E-state index in [0.29, 0.717) is 31.8 Å². The monoisotopic (exact) mass is 385 g/mol. The van der Waals surface area contributed by atoms with Crippen molar-refractivity contribution >= 4 is 17.1 Å². The molecule has 1 atom stereocenters. The minimum Gasteiger partial charge on any atom is -0.492 e. The molecule has 1 saturated heterocycles. The third kappa shape index (κ3) is 3.33. The van der Waals surface area contributed by atoms with Crippen LogP contribution in [0.15, 0.2) is 47.4 Å². The Balaban J connectivity index is 1.50. The van der Waals surface area contributed by atoms with E-state index in [4.69, 9.17) is 10.5 Å². The Morgan fingerprint density at radius 3 is 2.74 bits per heavy atom. The van der Waals surface area contributed by atoms with Gasteiger partial charge in [-0.15, -0.1) is 0 Å². The molecule has 2 aliphatic rings. The van der Waals surface area contributed by atoms with Gasteiger partial charge < -0.3 is 15.4 Å². The fraction of sp³-hybridized carbons (Fsp3) is 0.381. The van der Waals surface area contributed by atoms with Gasteiger partial charge in [0.05, 0.1) is 6.61 Å². The summed E-state index contributed by atoms with van der Waals surface area (Å²) >= 11 is -0.843. The first kappa shape index (κ1) is 18.3. The number of fused-ring (bicyclic) bond motifs is 2. The summed E-state index contributed by atoms with van der Waals surface area (Å²) in [6, 6.07) is 13.5. The molecule has 1 fully saturated rings. The Kier molecular flexibility index (Phi) is 4.88. The zero-order chi connectivity index (χ0) is 19.0. The molecule has 2 aromatic rings. The van der Waals surface area contributed by atoms with Crippen molar-refractivity contribution in [2.24, 2.45) is 5.73 Å².